The van der Waals surface area contributed by atoms with Crippen LogP contribution in [0.4, 0.5) is 5.95 Å². The van der Waals surface area contributed by atoms with Crippen molar-refractivity contribution in [3.8, 4) is 0 Å². The third-order valence-corrected chi connectivity index (χ3v) is 5.19. The molecule has 5 nitrogen and oxygen atoms in total. The predicted molar refractivity (Wildman–Crippen MR) is 102 cm³/mol. The Morgan fingerprint density at radius 1 is 1.31 bits per heavy atom. The molecule has 0 saturated carbocycles. The molecule has 1 heterocycles. The van der Waals surface area contributed by atoms with Crippen molar-refractivity contribution in [1.29, 1.82) is 0 Å². The molecule has 1 aliphatic carbocycles. The molecule has 1 atom stereocenters. The maximum absolute atomic E-state index is 12.5. The fourth-order valence-corrected chi connectivity index (χ4v) is 3.57. The standard InChI is InChI=1S/C20H22ClN3O2/c1-3-12(4-2)19(26)24-20-22-11-16-17(23-20)9-14(10-18(16)25)13-6-5-7-15(21)8-13/h5-8,11-12,14H,3-4,9-10H2,1-2H3,(H,22,23,24,26). The second-order valence-electron chi connectivity index (χ2n) is 6.64. The average molecular weight is 372 g/mol. The van der Waals surface area contributed by atoms with Crippen molar-refractivity contribution in [1.82, 2.24) is 9.97 Å². The summed E-state index contributed by atoms with van der Waals surface area (Å²) in [6.45, 7) is 3.96. The van der Waals surface area contributed by atoms with Gasteiger partial charge in [0.15, 0.2) is 5.78 Å². The van der Waals surface area contributed by atoms with Gasteiger partial charge < -0.3 is 0 Å². The highest BCUT2D eigenvalue weighted by Crippen LogP contribution is 2.33. The van der Waals surface area contributed by atoms with Crippen LogP contribution in [0.1, 0.15) is 60.6 Å². The second-order valence-corrected chi connectivity index (χ2v) is 7.08. The third-order valence-electron chi connectivity index (χ3n) is 4.95. The van der Waals surface area contributed by atoms with Crippen LogP contribution < -0.4 is 5.32 Å². The summed E-state index contributed by atoms with van der Waals surface area (Å²) < 4.78 is 0. The number of anilines is 1. The minimum atomic E-state index is -0.0801. The Kier molecular flexibility index (Phi) is 5.67. The highest BCUT2D eigenvalue weighted by atomic mass is 35.5. The van der Waals surface area contributed by atoms with Crippen LogP contribution in [0.2, 0.25) is 5.02 Å². The summed E-state index contributed by atoms with van der Waals surface area (Å²) in [5, 5.41) is 3.43. The first-order valence-electron chi connectivity index (χ1n) is 8.97. The van der Waals surface area contributed by atoms with Crippen molar-refractivity contribution in [3.63, 3.8) is 0 Å². The molecule has 136 valence electrons. The van der Waals surface area contributed by atoms with Gasteiger partial charge in [0, 0.05) is 23.6 Å². The van der Waals surface area contributed by atoms with Crippen LogP contribution in [0.25, 0.3) is 0 Å². The van der Waals surface area contributed by atoms with Crippen molar-refractivity contribution in [3.05, 3.63) is 52.3 Å². The summed E-state index contributed by atoms with van der Waals surface area (Å²) >= 11 is 6.08. The fraction of sp³-hybridized carbons (Fsp3) is 0.400. The van der Waals surface area contributed by atoms with E-state index in [0.717, 1.165) is 18.4 Å². The Morgan fingerprint density at radius 3 is 2.77 bits per heavy atom. The van der Waals surface area contributed by atoms with E-state index in [2.05, 4.69) is 15.3 Å². The first-order valence-corrected chi connectivity index (χ1v) is 9.35. The van der Waals surface area contributed by atoms with E-state index in [0.29, 0.717) is 29.1 Å². The lowest BCUT2D eigenvalue weighted by atomic mass is 9.82. The molecule has 0 aliphatic heterocycles. The van der Waals surface area contributed by atoms with Gasteiger partial charge in [-0.15, -0.1) is 0 Å². The van der Waals surface area contributed by atoms with Crippen LogP contribution in [-0.4, -0.2) is 21.7 Å². The first kappa shape index (κ1) is 18.5. The number of fused-ring (bicyclic) bond motifs is 1. The van der Waals surface area contributed by atoms with Gasteiger partial charge in [-0.3, -0.25) is 14.9 Å². The highest BCUT2D eigenvalue weighted by molar-refractivity contribution is 6.30. The zero-order chi connectivity index (χ0) is 18.7. The summed E-state index contributed by atoms with van der Waals surface area (Å²) in [5.41, 5.74) is 2.25. The molecule has 1 amide bonds. The minimum Gasteiger partial charge on any atom is -0.294 e. The second kappa shape index (κ2) is 7.96. The normalized spacial score (nSPS) is 16.5. The summed E-state index contributed by atoms with van der Waals surface area (Å²) in [7, 11) is 0. The number of aromatic nitrogens is 2. The Hall–Kier alpha value is -2.27. The molecular formula is C20H22ClN3O2. The lowest BCUT2D eigenvalue weighted by Gasteiger charge is -2.23. The van der Waals surface area contributed by atoms with E-state index in [1.54, 1.807) is 0 Å². The van der Waals surface area contributed by atoms with Crippen LogP contribution in [0, 0.1) is 5.92 Å². The number of hydrogen-bond donors (Lipinski definition) is 1. The zero-order valence-electron chi connectivity index (χ0n) is 15.0. The maximum atomic E-state index is 12.5. The number of halogens is 1. The predicted octanol–water partition coefficient (Wildman–Crippen LogP) is 4.42. The van der Waals surface area contributed by atoms with E-state index in [-0.39, 0.29) is 29.5 Å². The van der Waals surface area contributed by atoms with E-state index in [4.69, 9.17) is 11.6 Å². The molecule has 0 saturated heterocycles. The molecule has 0 bridgehead atoms. The Labute approximate surface area is 158 Å². The summed E-state index contributed by atoms with van der Waals surface area (Å²) in [5.74, 6) is 0.180. The lowest BCUT2D eigenvalue weighted by Crippen LogP contribution is -2.25. The monoisotopic (exact) mass is 371 g/mol. The van der Waals surface area contributed by atoms with Crippen molar-refractivity contribution in [2.24, 2.45) is 5.92 Å². The molecule has 26 heavy (non-hydrogen) atoms. The number of amides is 1. The molecule has 0 fully saturated rings. The van der Waals surface area contributed by atoms with E-state index < -0.39 is 0 Å². The molecule has 1 N–H and O–H groups in total. The van der Waals surface area contributed by atoms with Gasteiger partial charge >= 0.3 is 0 Å². The van der Waals surface area contributed by atoms with Gasteiger partial charge in [0.05, 0.1) is 11.3 Å². The Bertz CT molecular complexity index is 834. The SMILES string of the molecule is CCC(CC)C(=O)Nc1ncc2c(n1)CC(c1cccc(Cl)c1)CC2=O. The van der Waals surface area contributed by atoms with Crippen molar-refractivity contribution >= 4 is 29.2 Å². The number of ketones is 1. The maximum Gasteiger partial charge on any atom is 0.229 e. The molecule has 0 radical (unpaired) electrons. The van der Waals surface area contributed by atoms with Crippen LogP contribution >= 0.6 is 11.6 Å². The van der Waals surface area contributed by atoms with Gasteiger partial charge in [0.2, 0.25) is 11.9 Å². The van der Waals surface area contributed by atoms with Gasteiger partial charge in [-0.1, -0.05) is 37.6 Å². The van der Waals surface area contributed by atoms with Crippen LogP contribution in [0.15, 0.2) is 30.5 Å². The van der Waals surface area contributed by atoms with Gasteiger partial charge in [-0.25, -0.2) is 9.97 Å². The van der Waals surface area contributed by atoms with Crippen LogP contribution in [-0.2, 0) is 11.2 Å². The van der Waals surface area contributed by atoms with Gasteiger partial charge in [-0.05, 0) is 42.9 Å². The summed E-state index contributed by atoms with van der Waals surface area (Å²) in [6, 6.07) is 7.57. The van der Waals surface area contributed by atoms with E-state index >= 15 is 0 Å². The van der Waals surface area contributed by atoms with E-state index in [9.17, 15) is 9.59 Å². The number of hydrogen-bond acceptors (Lipinski definition) is 4. The molecular weight excluding hydrogens is 350 g/mol. The van der Waals surface area contributed by atoms with Gasteiger partial charge in [0.25, 0.3) is 0 Å². The summed E-state index contributed by atoms with van der Waals surface area (Å²) in [6.07, 6.45) is 4.10. The number of Topliss-reactive ketones (excluding diaryl/α,β-unsaturated/α-hetero) is 1. The number of nitrogens with zero attached hydrogens (tertiary/aromatic N) is 2. The quantitative estimate of drug-likeness (QED) is 0.844. The van der Waals surface area contributed by atoms with E-state index in [1.807, 2.05) is 38.1 Å². The van der Waals surface area contributed by atoms with Crippen LogP contribution in [0.5, 0.6) is 0 Å². The minimum absolute atomic E-state index is 0.0223. The molecule has 0 spiro atoms. The van der Waals surface area contributed by atoms with Crippen LogP contribution in [0.3, 0.4) is 0 Å². The molecule has 1 aromatic carbocycles. The van der Waals surface area contributed by atoms with Crippen molar-refractivity contribution in [2.45, 2.75) is 45.4 Å². The van der Waals surface area contributed by atoms with E-state index in [1.165, 1.54) is 6.20 Å². The largest absolute Gasteiger partial charge is 0.294 e. The number of rotatable bonds is 5. The molecule has 1 aliphatic rings. The number of carbonyl (C=O) groups excluding carboxylic acids is 2. The smallest absolute Gasteiger partial charge is 0.229 e. The highest BCUT2D eigenvalue weighted by Gasteiger charge is 2.28. The van der Waals surface area contributed by atoms with Gasteiger partial charge in [-0.2, -0.15) is 0 Å². The third kappa shape index (κ3) is 3.93. The zero-order valence-corrected chi connectivity index (χ0v) is 15.7. The average Bonchev–Trinajstić information content (AvgIpc) is 2.62. The number of carbonyl (C=O) groups is 2. The van der Waals surface area contributed by atoms with Crippen molar-refractivity contribution < 1.29 is 9.59 Å². The first-order chi connectivity index (χ1) is 12.5. The van der Waals surface area contributed by atoms with Crippen molar-refractivity contribution in [2.75, 3.05) is 5.32 Å². The Morgan fingerprint density at radius 2 is 2.08 bits per heavy atom. The summed E-state index contributed by atoms with van der Waals surface area (Å²) in [4.78, 5) is 33.4. The topological polar surface area (TPSA) is 72.0 Å². The fourth-order valence-electron chi connectivity index (χ4n) is 3.37. The molecule has 2 aromatic rings. The van der Waals surface area contributed by atoms with Gasteiger partial charge in [0.1, 0.15) is 0 Å². The Balaban J connectivity index is 1.83. The molecule has 3 rings (SSSR count). The molecule has 6 heteroatoms. The molecule has 1 unspecified atom stereocenters. The number of nitrogens with one attached hydrogen (secondary N) is 1. The number of benzene rings is 1. The molecule has 1 aromatic heterocycles. The lowest BCUT2D eigenvalue weighted by molar-refractivity contribution is -0.120.